The predicted octanol–water partition coefficient (Wildman–Crippen LogP) is 2.37. The molecule has 0 unspecified atom stereocenters. The van der Waals surface area contributed by atoms with Gasteiger partial charge in [0, 0.05) is 25.6 Å². The zero-order chi connectivity index (χ0) is 13.4. The van der Waals surface area contributed by atoms with Crippen molar-refractivity contribution in [3.8, 4) is 0 Å². The summed E-state index contributed by atoms with van der Waals surface area (Å²) in [6.07, 6.45) is 1.29. The van der Waals surface area contributed by atoms with E-state index in [9.17, 15) is 9.18 Å². The lowest BCUT2D eigenvalue weighted by molar-refractivity contribution is 0.0974. The van der Waals surface area contributed by atoms with Gasteiger partial charge in [-0.25, -0.2) is 4.39 Å². The molecule has 1 aromatic carbocycles. The van der Waals surface area contributed by atoms with Gasteiger partial charge in [-0.05, 0) is 44.3 Å². The topological polar surface area (TPSA) is 29.5 Å². The lowest BCUT2D eigenvalue weighted by Crippen LogP contribution is -2.24. The van der Waals surface area contributed by atoms with Crippen LogP contribution in [0.2, 0.25) is 0 Å². The minimum Gasteiger partial charge on any atom is -0.383 e. The first-order valence-electron chi connectivity index (χ1n) is 6.09. The van der Waals surface area contributed by atoms with Gasteiger partial charge in [0.25, 0.3) is 0 Å². The largest absolute Gasteiger partial charge is 0.383 e. The van der Waals surface area contributed by atoms with Crippen molar-refractivity contribution >= 4 is 5.78 Å². The Morgan fingerprint density at radius 1 is 1.28 bits per heavy atom. The summed E-state index contributed by atoms with van der Waals surface area (Å²) in [5.74, 6) is -0.249. The van der Waals surface area contributed by atoms with E-state index in [-0.39, 0.29) is 11.6 Å². The van der Waals surface area contributed by atoms with Gasteiger partial charge in [-0.2, -0.15) is 0 Å². The van der Waals surface area contributed by atoms with Crippen molar-refractivity contribution in [3.63, 3.8) is 0 Å². The molecule has 3 nitrogen and oxygen atoms in total. The summed E-state index contributed by atoms with van der Waals surface area (Å²) in [5, 5.41) is 0. The second-order valence-electron chi connectivity index (χ2n) is 4.33. The highest BCUT2D eigenvalue weighted by Gasteiger charge is 2.06. The maximum atomic E-state index is 12.7. The van der Waals surface area contributed by atoms with Crippen LogP contribution in [-0.2, 0) is 4.74 Å². The van der Waals surface area contributed by atoms with Crippen molar-refractivity contribution in [2.45, 2.75) is 12.8 Å². The van der Waals surface area contributed by atoms with Crippen molar-refractivity contribution in [3.05, 3.63) is 35.6 Å². The maximum absolute atomic E-state index is 12.7. The second kappa shape index (κ2) is 7.95. The van der Waals surface area contributed by atoms with Crippen molar-refractivity contribution in [2.75, 3.05) is 33.9 Å². The number of likely N-dealkylation sites (N-methyl/N-ethyl adjacent to an activating group) is 1. The van der Waals surface area contributed by atoms with Crippen molar-refractivity contribution in [1.29, 1.82) is 0 Å². The molecule has 18 heavy (non-hydrogen) atoms. The first kappa shape index (κ1) is 14.8. The SMILES string of the molecule is COCCN(C)CCCC(=O)c1ccc(F)cc1. The van der Waals surface area contributed by atoms with Crippen LogP contribution in [0, 0.1) is 5.82 Å². The van der Waals surface area contributed by atoms with E-state index >= 15 is 0 Å². The number of nitrogens with zero attached hydrogens (tertiary/aromatic N) is 1. The van der Waals surface area contributed by atoms with E-state index in [0.717, 1.165) is 19.5 Å². The van der Waals surface area contributed by atoms with Gasteiger partial charge in [0.2, 0.25) is 0 Å². The van der Waals surface area contributed by atoms with Crippen LogP contribution in [0.1, 0.15) is 23.2 Å². The molecule has 1 aromatic rings. The molecule has 0 amide bonds. The number of ether oxygens (including phenoxy) is 1. The van der Waals surface area contributed by atoms with E-state index in [4.69, 9.17) is 4.74 Å². The van der Waals surface area contributed by atoms with E-state index in [1.165, 1.54) is 24.3 Å². The number of ketones is 1. The molecule has 100 valence electrons. The first-order valence-corrected chi connectivity index (χ1v) is 6.09. The van der Waals surface area contributed by atoms with Gasteiger partial charge in [0.05, 0.1) is 6.61 Å². The molecule has 0 bridgehead atoms. The van der Waals surface area contributed by atoms with Gasteiger partial charge >= 0.3 is 0 Å². The smallest absolute Gasteiger partial charge is 0.162 e. The molecule has 0 saturated heterocycles. The van der Waals surface area contributed by atoms with Crippen molar-refractivity contribution in [2.24, 2.45) is 0 Å². The standard InChI is InChI=1S/C14H20FNO2/c1-16(10-11-18-2)9-3-4-14(17)12-5-7-13(15)8-6-12/h5-8H,3-4,9-11H2,1-2H3. The molecular formula is C14H20FNO2. The molecule has 0 saturated carbocycles. The summed E-state index contributed by atoms with van der Waals surface area (Å²) in [7, 11) is 3.67. The maximum Gasteiger partial charge on any atom is 0.162 e. The van der Waals surface area contributed by atoms with Crippen LogP contribution in [0.25, 0.3) is 0 Å². The molecule has 0 aromatic heterocycles. The molecular weight excluding hydrogens is 233 g/mol. The molecule has 0 atom stereocenters. The Kier molecular flexibility index (Phi) is 6.54. The highest BCUT2D eigenvalue weighted by atomic mass is 19.1. The lowest BCUT2D eigenvalue weighted by atomic mass is 10.1. The van der Waals surface area contributed by atoms with Crippen LogP contribution in [0.5, 0.6) is 0 Å². The number of carbonyl (C=O) groups is 1. The van der Waals surface area contributed by atoms with Gasteiger partial charge in [-0.3, -0.25) is 4.79 Å². The number of rotatable bonds is 8. The van der Waals surface area contributed by atoms with E-state index in [1.807, 2.05) is 7.05 Å². The van der Waals surface area contributed by atoms with Gasteiger partial charge in [0.1, 0.15) is 5.82 Å². The Balaban J connectivity index is 2.27. The number of benzene rings is 1. The summed E-state index contributed by atoms with van der Waals surface area (Å²) in [4.78, 5) is 13.9. The van der Waals surface area contributed by atoms with Crippen molar-refractivity contribution < 1.29 is 13.9 Å². The summed E-state index contributed by atoms with van der Waals surface area (Å²) >= 11 is 0. The molecule has 0 aliphatic rings. The highest BCUT2D eigenvalue weighted by molar-refractivity contribution is 5.95. The fraction of sp³-hybridized carbons (Fsp3) is 0.500. The molecule has 1 rings (SSSR count). The molecule has 0 heterocycles. The number of Topliss-reactive ketones (excluding diaryl/α,β-unsaturated/α-hetero) is 1. The fourth-order valence-electron chi connectivity index (χ4n) is 1.65. The van der Waals surface area contributed by atoms with Crippen LogP contribution in [-0.4, -0.2) is 44.5 Å². The third-order valence-electron chi connectivity index (χ3n) is 2.79. The minimum absolute atomic E-state index is 0.0649. The molecule has 0 spiro atoms. The van der Waals surface area contributed by atoms with Gasteiger partial charge in [-0.1, -0.05) is 0 Å². The second-order valence-corrected chi connectivity index (χ2v) is 4.33. The predicted molar refractivity (Wildman–Crippen MR) is 69.3 cm³/mol. The van der Waals surface area contributed by atoms with E-state index < -0.39 is 0 Å². The quantitative estimate of drug-likeness (QED) is 0.666. The average Bonchev–Trinajstić information content (AvgIpc) is 2.37. The Morgan fingerprint density at radius 2 is 1.94 bits per heavy atom. The molecule has 0 aliphatic heterocycles. The minimum atomic E-state index is -0.314. The zero-order valence-corrected chi connectivity index (χ0v) is 11.0. The monoisotopic (exact) mass is 253 g/mol. The molecule has 4 heteroatoms. The van der Waals surface area contributed by atoms with Crippen LogP contribution in [0.3, 0.4) is 0 Å². The average molecular weight is 253 g/mol. The highest BCUT2D eigenvalue weighted by Crippen LogP contribution is 2.07. The van der Waals surface area contributed by atoms with E-state index in [0.29, 0.717) is 18.6 Å². The first-order chi connectivity index (χ1) is 8.63. The number of methoxy groups -OCH3 is 1. The van der Waals surface area contributed by atoms with Crippen LogP contribution >= 0.6 is 0 Å². The Morgan fingerprint density at radius 3 is 2.56 bits per heavy atom. The van der Waals surface area contributed by atoms with Gasteiger partial charge < -0.3 is 9.64 Å². The van der Waals surface area contributed by atoms with Crippen LogP contribution < -0.4 is 0 Å². The lowest BCUT2D eigenvalue weighted by Gasteiger charge is -2.15. The molecule has 0 aliphatic carbocycles. The zero-order valence-electron chi connectivity index (χ0n) is 11.0. The summed E-state index contributed by atoms with van der Waals surface area (Å²) in [5.41, 5.74) is 0.580. The molecule has 0 radical (unpaired) electrons. The fourth-order valence-corrected chi connectivity index (χ4v) is 1.65. The summed E-state index contributed by atoms with van der Waals surface area (Å²) in [6.45, 7) is 2.42. The normalized spacial score (nSPS) is 10.9. The Hall–Kier alpha value is -1.26. The molecule has 0 fully saturated rings. The number of halogens is 1. The van der Waals surface area contributed by atoms with Crippen molar-refractivity contribution in [1.82, 2.24) is 4.90 Å². The Bertz CT molecular complexity index is 365. The van der Waals surface area contributed by atoms with Crippen LogP contribution in [0.4, 0.5) is 4.39 Å². The third kappa shape index (κ3) is 5.38. The Labute approximate surface area is 108 Å². The van der Waals surface area contributed by atoms with Crippen LogP contribution in [0.15, 0.2) is 24.3 Å². The third-order valence-corrected chi connectivity index (χ3v) is 2.79. The van der Waals surface area contributed by atoms with E-state index in [2.05, 4.69) is 4.90 Å². The van der Waals surface area contributed by atoms with Gasteiger partial charge in [0.15, 0.2) is 5.78 Å². The van der Waals surface area contributed by atoms with Gasteiger partial charge in [-0.15, -0.1) is 0 Å². The summed E-state index contributed by atoms with van der Waals surface area (Å²) < 4.78 is 17.7. The molecule has 0 N–H and O–H groups in total. The van der Waals surface area contributed by atoms with E-state index in [1.54, 1.807) is 7.11 Å². The number of carbonyl (C=O) groups excluding carboxylic acids is 1. The summed E-state index contributed by atoms with van der Waals surface area (Å²) in [6, 6.07) is 5.70. The number of hydrogen-bond acceptors (Lipinski definition) is 3. The number of hydrogen-bond donors (Lipinski definition) is 0.